The van der Waals surface area contributed by atoms with Gasteiger partial charge in [-0.15, -0.1) is 0 Å². The minimum absolute atomic E-state index is 0.412. The average Bonchev–Trinajstić information content (AvgIpc) is 2.48. The molecule has 2 aromatic carbocycles. The van der Waals surface area contributed by atoms with E-state index in [1.165, 1.54) is 5.56 Å². The van der Waals surface area contributed by atoms with Crippen LogP contribution in [0.3, 0.4) is 0 Å². The fourth-order valence-corrected chi connectivity index (χ4v) is 2.33. The molecule has 0 heterocycles. The van der Waals surface area contributed by atoms with Crippen molar-refractivity contribution in [1.29, 1.82) is 0 Å². The maximum Gasteiger partial charge on any atom is 0.299 e. The van der Waals surface area contributed by atoms with Crippen molar-refractivity contribution in [3.05, 3.63) is 83.3 Å². The predicted octanol–water partition coefficient (Wildman–Crippen LogP) is 4.38. The Morgan fingerprint density at radius 3 is 2.41 bits per heavy atom. The zero-order valence-electron chi connectivity index (χ0n) is 12.9. The Morgan fingerprint density at radius 2 is 1.77 bits per heavy atom. The number of aliphatic hydroxyl groups excluding tert-OH is 1. The highest BCUT2D eigenvalue weighted by Gasteiger charge is 2.12. The van der Waals surface area contributed by atoms with Gasteiger partial charge in [0.25, 0.3) is 5.95 Å². The molecule has 0 saturated carbocycles. The number of hydrogen-bond acceptors (Lipinski definition) is 3. The minimum Gasteiger partial charge on any atom is -0.480 e. The summed E-state index contributed by atoms with van der Waals surface area (Å²) in [6, 6.07) is 17.6. The van der Waals surface area contributed by atoms with E-state index >= 15 is 0 Å². The van der Waals surface area contributed by atoms with Gasteiger partial charge in [-0.1, -0.05) is 72.3 Å². The van der Waals surface area contributed by atoms with Gasteiger partial charge >= 0.3 is 0 Å². The van der Waals surface area contributed by atoms with Crippen LogP contribution in [0.25, 0.3) is 11.8 Å². The third kappa shape index (κ3) is 4.16. The van der Waals surface area contributed by atoms with Crippen molar-refractivity contribution < 1.29 is 10.2 Å². The molecule has 0 fully saturated rings. The van der Waals surface area contributed by atoms with E-state index in [2.05, 4.69) is 19.1 Å². The Labute approximate surface area is 131 Å². The monoisotopic (exact) mass is 295 g/mol. The van der Waals surface area contributed by atoms with Crippen LogP contribution in [-0.4, -0.2) is 28.7 Å². The molecule has 0 spiro atoms. The van der Waals surface area contributed by atoms with Crippen LogP contribution in [0.4, 0.5) is 0 Å². The van der Waals surface area contributed by atoms with E-state index in [1.54, 1.807) is 4.90 Å². The van der Waals surface area contributed by atoms with Gasteiger partial charge in [-0.2, -0.15) is 0 Å². The van der Waals surface area contributed by atoms with Gasteiger partial charge in [-0.3, -0.25) is 0 Å². The largest absolute Gasteiger partial charge is 0.480 e. The normalized spacial score (nSPS) is 10.6. The van der Waals surface area contributed by atoms with Crippen LogP contribution in [-0.2, 0) is 0 Å². The van der Waals surface area contributed by atoms with Crippen LogP contribution in [0.5, 0.6) is 0 Å². The molecule has 0 amide bonds. The second-order valence-corrected chi connectivity index (χ2v) is 5.24. The van der Waals surface area contributed by atoms with Crippen molar-refractivity contribution >= 4 is 11.8 Å². The standard InChI is InChI=1S/C19H21NO2/c1-15-8-6-9-16(14-15)10-7-13-20(2)18(19(21)22)17-11-4-3-5-12-17/h3-12,14,21-22H,13H2,1-2H3/b10-7+. The van der Waals surface area contributed by atoms with Gasteiger partial charge in [0.1, 0.15) is 5.70 Å². The Balaban J connectivity index is 2.10. The fraction of sp³-hybridized carbons (Fsp3) is 0.158. The van der Waals surface area contributed by atoms with Gasteiger partial charge in [-0.25, -0.2) is 0 Å². The van der Waals surface area contributed by atoms with Crippen molar-refractivity contribution in [3.63, 3.8) is 0 Å². The predicted molar refractivity (Wildman–Crippen MR) is 91.5 cm³/mol. The summed E-state index contributed by atoms with van der Waals surface area (Å²) in [5, 5.41) is 19.1. The first-order valence-electron chi connectivity index (χ1n) is 7.20. The first kappa shape index (κ1) is 15.7. The Morgan fingerprint density at radius 1 is 1.05 bits per heavy atom. The highest BCUT2D eigenvalue weighted by atomic mass is 16.5. The number of aliphatic hydroxyl groups is 2. The number of aryl methyl sites for hydroxylation is 1. The lowest BCUT2D eigenvalue weighted by Crippen LogP contribution is -2.18. The summed E-state index contributed by atoms with van der Waals surface area (Å²) in [7, 11) is 1.83. The lowest BCUT2D eigenvalue weighted by molar-refractivity contribution is 0.186. The van der Waals surface area contributed by atoms with E-state index in [0.29, 0.717) is 12.2 Å². The van der Waals surface area contributed by atoms with Crippen LogP contribution < -0.4 is 0 Å². The van der Waals surface area contributed by atoms with Crippen molar-refractivity contribution in [2.75, 3.05) is 13.6 Å². The highest BCUT2D eigenvalue weighted by molar-refractivity contribution is 5.64. The van der Waals surface area contributed by atoms with Crippen LogP contribution >= 0.6 is 0 Å². The topological polar surface area (TPSA) is 43.7 Å². The molecule has 3 nitrogen and oxygen atoms in total. The molecular weight excluding hydrogens is 274 g/mol. The number of rotatable bonds is 5. The third-order valence-corrected chi connectivity index (χ3v) is 3.37. The molecule has 0 aromatic heterocycles. The first-order valence-corrected chi connectivity index (χ1v) is 7.20. The zero-order valence-corrected chi connectivity index (χ0v) is 12.9. The van der Waals surface area contributed by atoms with Gasteiger partial charge in [0.2, 0.25) is 0 Å². The van der Waals surface area contributed by atoms with Crippen LogP contribution in [0.1, 0.15) is 16.7 Å². The molecule has 0 aliphatic rings. The molecule has 22 heavy (non-hydrogen) atoms. The fourth-order valence-electron chi connectivity index (χ4n) is 2.33. The lowest BCUT2D eigenvalue weighted by atomic mass is 10.1. The molecule has 0 aliphatic heterocycles. The SMILES string of the molecule is Cc1cccc(/C=C/CN(C)C(=C(O)O)c2ccccc2)c1. The molecule has 114 valence electrons. The maximum atomic E-state index is 9.56. The van der Waals surface area contributed by atoms with E-state index in [-0.39, 0.29) is 0 Å². The molecule has 2 rings (SSSR count). The number of likely N-dealkylation sites (N-methyl/N-ethyl adjacent to an activating group) is 1. The summed E-state index contributed by atoms with van der Waals surface area (Å²) in [6.45, 7) is 2.63. The van der Waals surface area contributed by atoms with Gasteiger partial charge in [0.05, 0.1) is 0 Å². The molecule has 0 aliphatic carbocycles. The lowest BCUT2D eigenvalue weighted by Gasteiger charge is -2.20. The van der Waals surface area contributed by atoms with Gasteiger partial charge < -0.3 is 15.1 Å². The molecule has 0 atom stereocenters. The smallest absolute Gasteiger partial charge is 0.299 e. The van der Waals surface area contributed by atoms with E-state index in [0.717, 1.165) is 11.1 Å². The number of benzene rings is 2. The second kappa shape index (κ2) is 7.36. The zero-order chi connectivity index (χ0) is 15.9. The van der Waals surface area contributed by atoms with Crippen molar-refractivity contribution in [2.45, 2.75) is 6.92 Å². The quantitative estimate of drug-likeness (QED) is 0.804. The van der Waals surface area contributed by atoms with Crippen LogP contribution in [0, 0.1) is 6.92 Å². The summed E-state index contributed by atoms with van der Waals surface area (Å²) in [5.74, 6) is -0.669. The summed E-state index contributed by atoms with van der Waals surface area (Å²) >= 11 is 0. The minimum atomic E-state index is -0.669. The molecule has 0 saturated heterocycles. The van der Waals surface area contributed by atoms with Crippen LogP contribution in [0.15, 0.2) is 66.6 Å². The average molecular weight is 295 g/mol. The molecular formula is C19H21NO2. The Hall–Kier alpha value is -2.68. The summed E-state index contributed by atoms with van der Waals surface area (Å²) in [4.78, 5) is 1.80. The summed E-state index contributed by atoms with van der Waals surface area (Å²) in [5.41, 5.74) is 3.53. The second-order valence-electron chi connectivity index (χ2n) is 5.24. The van der Waals surface area contributed by atoms with Gasteiger partial charge in [0, 0.05) is 19.2 Å². The molecule has 3 heteroatoms. The van der Waals surface area contributed by atoms with Crippen molar-refractivity contribution in [1.82, 2.24) is 4.90 Å². The molecule has 0 unspecified atom stereocenters. The van der Waals surface area contributed by atoms with Gasteiger partial charge in [0.15, 0.2) is 0 Å². The van der Waals surface area contributed by atoms with E-state index in [9.17, 15) is 10.2 Å². The number of hydrogen-bond donors (Lipinski definition) is 2. The van der Waals surface area contributed by atoms with Gasteiger partial charge in [-0.05, 0) is 12.5 Å². The van der Waals surface area contributed by atoms with Crippen molar-refractivity contribution in [2.24, 2.45) is 0 Å². The third-order valence-electron chi connectivity index (χ3n) is 3.37. The van der Waals surface area contributed by atoms with E-state index < -0.39 is 5.95 Å². The van der Waals surface area contributed by atoms with E-state index in [4.69, 9.17) is 0 Å². The molecule has 2 N–H and O–H groups in total. The number of nitrogens with zero attached hydrogens (tertiary/aromatic N) is 1. The molecule has 0 bridgehead atoms. The first-order chi connectivity index (χ1) is 10.6. The van der Waals surface area contributed by atoms with Crippen LogP contribution in [0.2, 0.25) is 0 Å². The summed E-state index contributed by atoms with van der Waals surface area (Å²) in [6.07, 6.45) is 4.03. The molecule has 2 aromatic rings. The maximum absolute atomic E-state index is 9.56. The Kier molecular flexibility index (Phi) is 5.26. The highest BCUT2D eigenvalue weighted by Crippen LogP contribution is 2.19. The Bertz CT molecular complexity index is 671. The summed E-state index contributed by atoms with van der Waals surface area (Å²) < 4.78 is 0. The molecule has 0 radical (unpaired) electrons. The van der Waals surface area contributed by atoms with Crippen molar-refractivity contribution in [3.8, 4) is 0 Å². The van der Waals surface area contributed by atoms with E-state index in [1.807, 2.05) is 61.7 Å².